The second-order valence-corrected chi connectivity index (χ2v) is 8.90. The third kappa shape index (κ3) is 8.15. The summed E-state index contributed by atoms with van der Waals surface area (Å²) in [6.07, 6.45) is 5.49. The molecule has 31 heavy (non-hydrogen) atoms. The van der Waals surface area contributed by atoms with Gasteiger partial charge in [0.05, 0.1) is 11.1 Å². The normalized spacial score (nSPS) is 29.5. The predicted octanol–water partition coefficient (Wildman–Crippen LogP) is -2.24. The van der Waals surface area contributed by atoms with E-state index in [1.165, 1.54) is 5.56 Å². The van der Waals surface area contributed by atoms with Crippen molar-refractivity contribution in [1.29, 1.82) is 0 Å². The van der Waals surface area contributed by atoms with Gasteiger partial charge in [0.2, 0.25) is 0 Å². The molecule has 172 valence electrons. The quantitative estimate of drug-likeness (QED) is 0.255. The molecule has 0 aliphatic carbocycles. The molecule has 0 radical (unpaired) electrons. The van der Waals surface area contributed by atoms with Crippen LogP contribution in [0.2, 0.25) is 0 Å². The molecule has 0 aromatic heterocycles. The average molecular weight is 429 g/mol. The van der Waals surface area contributed by atoms with Gasteiger partial charge in [0.1, 0.15) is 0 Å². The predicted molar refractivity (Wildman–Crippen MR) is 128 cm³/mol. The van der Waals surface area contributed by atoms with Gasteiger partial charge in [-0.05, 0) is 17.7 Å². The minimum Gasteiger partial charge on any atom is -0.322 e. The molecule has 3 aliphatic heterocycles. The number of rotatable bonds is 3. The average Bonchev–Trinajstić information content (AvgIpc) is 2.79. The van der Waals surface area contributed by atoms with E-state index in [-0.39, 0.29) is 11.1 Å². The number of nitrogens with two attached hydrogens (primary N) is 1. The fraction of sp³-hybridized carbons (Fsp3) is 0.652. The van der Waals surface area contributed by atoms with E-state index in [0.29, 0.717) is 0 Å². The molecule has 1 aromatic rings. The number of terminal acetylenes is 1. The highest BCUT2D eigenvalue weighted by Gasteiger charge is 2.30. The summed E-state index contributed by atoms with van der Waals surface area (Å²) in [4.78, 5) is 0. The molecule has 3 saturated heterocycles. The van der Waals surface area contributed by atoms with Gasteiger partial charge in [-0.3, -0.25) is 0 Å². The Morgan fingerprint density at radius 1 is 0.742 bits per heavy atom. The van der Waals surface area contributed by atoms with Crippen molar-refractivity contribution in [3.8, 4) is 12.3 Å². The van der Waals surface area contributed by atoms with E-state index in [0.717, 1.165) is 90.6 Å². The lowest BCUT2D eigenvalue weighted by Gasteiger charge is -2.37. The Bertz CT molecular complexity index is 640. The van der Waals surface area contributed by atoms with Crippen LogP contribution < -0.4 is 43.0 Å². The monoisotopic (exact) mass is 428 g/mol. The van der Waals surface area contributed by atoms with Gasteiger partial charge in [0.25, 0.3) is 0 Å². The first kappa shape index (κ1) is 24.1. The maximum atomic E-state index is 6.67. The van der Waals surface area contributed by atoms with E-state index in [4.69, 9.17) is 12.2 Å². The van der Waals surface area contributed by atoms with Crippen molar-refractivity contribution in [2.45, 2.75) is 17.6 Å². The zero-order valence-electron chi connectivity index (χ0n) is 18.7. The molecule has 0 atom stereocenters. The van der Waals surface area contributed by atoms with Crippen molar-refractivity contribution >= 4 is 0 Å². The molecule has 1 aromatic carbocycles. The maximum absolute atomic E-state index is 6.67. The Balaban J connectivity index is 1.70. The molecule has 0 amide bonds. The number of hydrogen-bond acceptors (Lipinski definition) is 8. The number of hydrogen-bond donors (Lipinski definition) is 8. The second kappa shape index (κ2) is 12.5. The highest BCUT2D eigenvalue weighted by atomic mass is 15.1. The smallest absolute Gasteiger partial charge is 0.0561 e. The SMILES string of the molecule is C#Cc1ccc(CNC23CNCCNCC(N)(CNCCNC2)CNCCNC3)cc1. The highest BCUT2D eigenvalue weighted by Crippen LogP contribution is 2.08. The molecule has 0 spiro atoms. The molecule has 0 saturated carbocycles. The van der Waals surface area contributed by atoms with E-state index in [1.807, 2.05) is 12.1 Å². The zero-order valence-corrected chi connectivity index (χ0v) is 18.7. The minimum absolute atomic E-state index is 0.114. The molecule has 3 aliphatic rings. The Kier molecular flexibility index (Phi) is 9.71. The van der Waals surface area contributed by atoms with Crippen molar-refractivity contribution in [2.24, 2.45) is 5.73 Å². The lowest BCUT2D eigenvalue weighted by atomic mass is 9.97. The highest BCUT2D eigenvalue weighted by molar-refractivity contribution is 5.34. The van der Waals surface area contributed by atoms with E-state index < -0.39 is 0 Å². The van der Waals surface area contributed by atoms with Crippen LogP contribution in [0.4, 0.5) is 0 Å². The summed E-state index contributed by atoms with van der Waals surface area (Å²) in [5, 5.41) is 25.4. The topological polar surface area (TPSA) is 110 Å². The molecule has 9 N–H and O–H groups in total. The molecular weight excluding hydrogens is 388 g/mol. The molecular formula is C23H40N8. The lowest BCUT2D eigenvalue weighted by Crippen LogP contribution is -2.66. The van der Waals surface area contributed by atoms with Crippen LogP contribution in [0.1, 0.15) is 11.1 Å². The summed E-state index contributed by atoms with van der Waals surface area (Å²) in [6, 6.07) is 8.22. The standard InChI is InChI=1S/C23H40N8/c1-2-20-3-5-21(6-4-20)13-31-23-17-28-10-7-25-14-22(24,15-26-8-11-29-18-23)16-27-9-12-30-19-23/h1,3-6,25-31H,7-19,24H2. The van der Waals surface area contributed by atoms with E-state index in [1.54, 1.807) is 0 Å². The second-order valence-electron chi connectivity index (χ2n) is 8.90. The van der Waals surface area contributed by atoms with Crippen molar-refractivity contribution in [3.05, 3.63) is 35.4 Å². The lowest BCUT2D eigenvalue weighted by molar-refractivity contribution is 0.269. The van der Waals surface area contributed by atoms with E-state index >= 15 is 0 Å². The summed E-state index contributed by atoms with van der Waals surface area (Å²) in [5.74, 6) is 2.69. The van der Waals surface area contributed by atoms with Crippen LogP contribution >= 0.6 is 0 Å². The number of fused-ring (bicyclic) bond motifs is 15. The Hall–Kier alpha value is -1.54. The maximum Gasteiger partial charge on any atom is 0.0561 e. The van der Waals surface area contributed by atoms with Crippen LogP contribution in [-0.4, -0.2) is 89.6 Å². The van der Waals surface area contributed by atoms with Gasteiger partial charge >= 0.3 is 0 Å². The van der Waals surface area contributed by atoms with Crippen LogP contribution in [0.15, 0.2) is 24.3 Å². The van der Waals surface area contributed by atoms with Crippen LogP contribution in [0.3, 0.4) is 0 Å². The molecule has 8 nitrogen and oxygen atoms in total. The summed E-state index contributed by atoms with van der Waals surface area (Å²) < 4.78 is 0. The van der Waals surface area contributed by atoms with E-state index in [2.05, 4.69) is 55.3 Å². The third-order valence-corrected chi connectivity index (χ3v) is 6.05. The number of benzene rings is 1. The fourth-order valence-corrected chi connectivity index (χ4v) is 4.10. The van der Waals surface area contributed by atoms with Crippen molar-refractivity contribution in [2.75, 3.05) is 78.5 Å². The van der Waals surface area contributed by atoms with Gasteiger partial charge in [-0.15, -0.1) is 6.42 Å². The van der Waals surface area contributed by atoms with Crippen LogP contribution in [-0.2, 0) is 6.54 Å². The van der Waals surface area contributed by atoms with Crippen molar-refractivity contribution in [3.63, 3.8) is 0 Å². The van der Waals surface area contributed by atoms with Gasteiger partial charge in [-0.2, -0.15) is 0 Å². The van der Waals surface area contributed by atoms with Crippen LogP contribution in [0.5, 0.6) is 0 Å². The largest absolute Gasteiger partial charge is 0.322 e. The minimum atomic E-state index is -0.297. The molecule has 8 heteroatoms. The Labute approximate surface area is 187 Å². The van der Waals surface area contributed by atoms with Crippen molar-refractivity contribution < 1.29 is 0 Å². The van der Waals surface area contributed by atoms with Gasteiger partial charge in [-0.25, -0.2) is 0 Å². The summed E-state index contributed by atoms with van der Waals surface area (Å²) in [5.41, 5.74) is 8.40. The summed E-state index contributed by atoms with van der Waals surface area (Å²) in [6.45, 7) is 11.1. The van der Waals surface area contributed by atoms with Gasteiger partial charge in [0, 0.05) is 90.6 Å². The van der Waals surface area contributed by atoms with Crippen molar-refractivity contribution in [1.82, 2.24) is 37.2 Å². The first-order valence-electron chi connectivity index (χ1n) is 11.5. The molecule has 4 rings (SSSR count). The van der Waals surface area contributed by atoms with Crippen LogP contribution in [0, 0.1) is 12.3 Å². The third-order valence-electron chi connectivity index (χ3n) is 6.05. The zero-order chi connectivity index (χ0) is 21.8. The summed E-state index contributed by atoms with van der Waals surface area (Å²) >= 11 is 0. The Morgan fingerprint density at radius 3 is 1.58 bits per heavy atom. The van der Waals surface area contributed by atoms with E-state index in [9.17, 15) is 0 Å². The molecule has 3 heterocycles. The number of nitrogens with one attached hydrogen (secondary N) is 7. The first-order valence-corrected chi connectivity index (χ1v) is 11.5. The molecule has 3 fully saturated rings. The molecule has 2 bridgehead atoms. The first-order chi connectivity index (χ1) is 15.1. The van der Waals surface area contributed by atoms with Gasteiger partial charge in [-0.1, -0.05) is 18.1 Å². The summed E-state index contributed by atoms with van der Waals surface area (Å²) in [7, 11) is 0. The molecule has 0 unspecified atom stereocenters. The van der Waals surface area contributed by atoms with Gasteiger partial charge in [0.15, 0.2) is 0 Å². The Morgan fingerprint density at radius 2 is 1.16 bits per heavy atom. The fourth-order valence-electron chi connectivity index (χ4n) is 4.10. The van der Waals surface area contributed by atoms with Gasteiger partial charge < -0.3 is 43.0 Å². The van der Waals surface area contributed by atoms with Crippen LogP contribution in [0.25, 0.3) is 0 Å².